The summed E-state index contributed by atoms with van der Waals surface area (Å²) in [4.78, 5) is 10.7. The van der Waals surface area contributed by atoms with E-state index in [2.05, 4.69) is 0 Å². The van der Waals surface area contributed by atoms with Crippen molar-refractivity contribution in [1.82, 2.24) is 4.31 Å². The standard InChI is InChI=1S/C12H15FN2O4S/c13-9-1-3-11(4-2-9)20(17,18)15-7-5-10(6-8-15)19-12(14)16/h1-4,10H,5-8H2,(H2,14,16). The highest BCUT2D eigenvalue weighted by molar-refractivity contribution is 7.89. The molecular formula is C12H15FN2O4S. The first-order valence-corrected chi connectivity index (χ1v) is 7.55. The average Bonchev–Trinajstić information content (AvgIpc) is 2.39. The van der Waals surface area contributed by atoms with E-state index in [-0.39, 0.29) is 24.1 Å². The summed E-state index contributed by atoms with van der Waals surface area (Å²) in [5, 5.41) is 0. The number of amides is 1. The van der Waals surface area contributed by atoms with Crippen LogP contribution in [0.25, 0.3) is 0 Å². The van der Waals surface area contributed by atoms with Crippen molar-refractivity contribution in [3.05, 3.63) is 30.1 Å². The second-order valence-electron chi connectivity index (χ2n) is 4.49. The lowest BCUT2D eigenvalue weighted by Crippen LogP contribution is -2.41. The lowest BCUT2D eigenvalue weighted by atomic mass is 10.1. The van der Waals surface area contributed by atoms with E-state index >= 15 is 0 Å². The maximum Gasteiger partial charge on any atom is 0.404 e. The smallest absolute Gasteiger partial charge is 0.404 e. The first-order valence-electron chi connectivity index (χ1n) is 6.11. The molecule has 6 nitrogen and oxygen atoms in total. The number of halogens is 1. The van der Waals surface area contributed by atoms with Gasteiger partial charge in [0.1, 0.15) is 11.9 Å². The maximum absolute atomic E-state index is 12.8. The molecule has 1 aromatic carbocycles. The quantitative estimate of drug-likeness (QED) is 0.904. The van der Waals surface area contributed by atoms with Gasteiger partial charge in [0, 0.05) is 13.1 Å². The van der Waals surface area contributed by atoms with Gasteiger partial charge in [-0.05, 0) is 37.1 Å². The monoisotopic (exact) mass is 302 g/mol. The molecule has 0 saturated carbocycles. The van der Waals surface area contributed by atoms with Crippen molar-refractivity contribution in [2.24, 2.45) is 5.73 Å². The number of hydrogen-bond donors (Lipinski definition) is 1. The molecule has 0 unspecified atom stereocenters. The molecule has 1 aromatic rings. The minimum Gasteiger partial charge on any atom is -0.446 e. The Labute approximate surface area is 116 Å². The Bertz CT molecular complexity index is 580. The number of nitrogens with zero attached hydrogens (tertiary/aromatic N) is 1. The minimum atomic E-state index is -3.64. The predicted molar refractivity (Wildman–Crippen MR) is 68.8 cm³/mol. The molecule has 1 fully saturated rings. The zero-order chi connectivity index (χ0) is 14.8. The normalized spacial score (nSPS) is 17.9. The van der Waals surface area contributed by atoms with E-state index in [0.717, 1.165) is 12.1 Å². The van der Waals surface area contributed by atoms with Crippen LogP contribution in [-0.4, -0.2) is 38.0 Å². The lowest BCUT2D eigenvalue weighted by Gasteiger charge is -2.30. The summed E-state index contributed by atoms with van der Waals surface area (Å²) < 4.78 is 43.6. The summed E-state index contributed by atoms with van der Waals surface area (Å²) in [5.41, 5.74) is 4.92. The second-order valence-corrected chi connectivity index (χ2v) is 6.43. The number of benzene rings is 1. The van der Waals surface area contributed by atoms with Crippen molar-refractivity contribution in [3.8, 4) is 0 Å². The predicted octanol–water partition coefficient (Wildman–Crippen LogP) is 1.07. The molecule has 8 heteroatoms. The molecular weight excluding hydrogens is 287 g/mol. The van der Waals surface area contributed by atoms with E-state index < -0.39 is 21.9 Å². The van der Waals surface area contributed by atoms with Crippen LogP contribution in [0.15, 0.2) is 29.2 Å². The van der Waals surface area contributed by atoms with Crippen LogP contribution in [0.4, 0.5) is 9.18 Å². The number of primary amides is 1. The van der Waals surface area contributed by atoms with Gasteiger partial charge in [0.25, 0.3) is 0 Å². The van der Waals surface area contributed by atoms with E-state index in [1.807, 2.05) is 0 Å². The largest absolute Gasteiger partial charge is 0.446 e. The van der Waals surface area contributed by atoms with Crippen LogP contribution >= 0.6 is 0 Å². The molecule has 1 heterocycles. The van der Waals surface area contributed by atoms with Crippen LogP contribution in [0.1, 0.15) is 12.8 Å². The van der Waals surface area contributed by atoms with E-state index in [9.17, 15) is 17.6 Å². The molecule has 0 bridgehead atoms. The van der Waals surface area contributed by atoms with Gasteiger partial charge in [-0.3, -0.25) is 0 Å². The Morgan fingerprint density at radius 3 is 2.30 bits per heavy atom. The summed E-state index contributed by atoms with van der Waals surface area (Å²) in [6.45, 7) is 0.468. The van der Waals surface area contributed by atoms with Gasteiger partial charge >= 0.3 is 6.09 Å². The van der Waals surface area contributed by atoms with E-state index in [1.165, 1.54) is 16.4 Å². The van der Waals surface area contributed by atoms with Crippen molar-refractivity contribution in [3.63, 3.8) is 0 Å². The summed E-state index contributed by atoms with van der Waals surface area (Å²) >= 11 is 0. The molecule has 0 radical (unpaired) electrons. The number of hydrogen-bond acceptors (Lipinski definition) is 4. The Balaban J connectivity index is 2.05. The van der Waals surface area contributed by atoms with E-state index in [4.69, 9.17) is 10.5 Å². The Morgan fingerprint density at radius 1 is 1.25 bits per heavy atom. The lowest BCUT2D eigenvalue weighted by molar-refractivity contribution is 0.0741. The fourth-order valence-electron chi connectivity index (χ4n) is 2.11. The van der Waals surface area contributed by atoms with Gasteiger partial charge in [0.05, 0.1) is 4.90 Å². The average molecular weight is 302 g/mol. The van der Waals surface area contributed by atoms with Gasteiger partial charge in [-0.1, -0.05) is 0 Å². The van der Waals surface area contributed by atoms with Crippen molar-refractivity contribution in [2.75, 3.05) is 13.1 Å². The number of nitrogens with two attached hydrogens (primary N) is 1. The first kappa shape index (κ1) is 14.7. The summed E-state index contributed by atoms with van der Waals surface area (Å²) in [6.07, 6.45) is -0.427. The third-order valence-corrected chi connectivity index (χ3v) is 5.05. The van der Waals surface area contributed by atoms with Crippen molar-refractivity contribution >= 4 is 16.1 Å². The van der Waals surface area contributed by atoms with Gasteiger partial charge in [-0.15, -0.1) is 0 Å². The van der Waals surface area contributed by atoms with Crippen LogP contribution in [0.3, 0.4) is 0 Å². The molecule has 1 saturated heterocycles. The summed E-state index contributed by atoms with van der Waals surface area (Å²) in [7, 11) is -3.64. The van der Waals surface area contributed by atoms with Gasteiger partial charge in [-0.2, -0.15) is 4.31 Å². The third-order valence-electron chi connectivity index (χ3n) is 3.14. The molecule has 0 aliphatic carbocycles. The number of sulfonamides is 1. The Morgan fingerprint density at radius 2 is 1.80 bits per heavy atom. The number of rotatable bonds is 3. The Kier molecular flexibility index (Phi) is 4.24. The SMILES string of the molecule is NC(=O)OC1CCN(S(=O)(=O)c2ccc(F)cc2)CC1. The van der Waals surface area contributed by atoms with Crippen molar-refractivity contribution < 1.29 is 22.3 Å². The minimum absolute atomic E-state index is 0.0492. The first-order chi connectivity index (χ1) is 9.39. The van der Waals surface area contributed by atoms with Crippen molar-refractivity contribution in [2.45, 2.75) is 23.8 Å². The van der Waals surface area contributed by atoms with Gasteiger partial charge in [-0.25, -0.2) is 17.6 Å². The second kappa shape index (κ2) is 5.76. The topological polar surface area (TPSA) is 89.7 Å². The highest BCUT2D eigenvalue weighted by atomic mass is 32.2. The number of piperidine rings is 1. The Hall–Kier alpha value is -1.67. The zero-order valence-electron chi connectivity index (χ0n) is 10.7. The molecule has 2 rings (SSSR count). The fraction of sp³-hybridized carbons (Fsp3) is 0.417. The van der Waals surface area contributed by atoms with Crippen LogP contribution in [-0.2, 0) is 14.8 Å². The number of ether oxygens (including phenoxy) is 1. The molecule has 0 atom stereocenters. The van der Waals surface area contributed by atoms with Gasteiger partial charge in [0.2, 0.25) is 10.0 Å². The number of carbonyl (C=O) groups excluding carboxylic acids is 1. The van der Waals surface area contributed by atoms with Gasteiger partial charge in [0.15, 0.2) is 0 Å². The molecule has 1 amide bonds. The van der Waals surface area contributed by atoms with Crippen LogP contribution in [0.5, 0.6) is 0 Å². The van der Waals surface area contributed by atoms with Crippen LogP contribution in [0.2, 0.25) is 0 Å². The molecule has 1 aliphatic heterocycles. The van der Waals surface area contributed by atoms with E-state index in [1.54, 1.807) is 0 Å². The maximum atomic E-state index is 12.8. The summed E-state index contributed by atoms with van der Waals surface area (Å²) in [5.74, 6) is -0.488. The molecule has 0 aromatic heterocycles. The fourth-order valence-corrected chi connectivity index (χ4v) is 3.58. The molecule has 0 spiro atoms. The highest BCUT2D eigenvalue weighted by Gasteiger charge is 2.30. The van der Waals surface area contributed by atoms with Crippen LogP contribution in [0, 0.1) is 5.82 Å². The zero-order valence-corrected chi connectivity index (χ0v) is 11.5. The van der Waals surface area contributed by atoms with E-state index in [0.29, 0.717) is 12.8 Å². The van der Waals surface area contributed by atoms with Gasteiger partial charge < -0.3 is 10.5 Å². The highest BCUT2D eigenvalue weighted by Crippen LogP contribution is 2.22. The molecule has 2 N–H and O–H groups in total. The molecule has 110 valence electrons. The summed E-state index contributed by atoms with van der Waals surface area (Å²) in [6, 6.07) is 4.68. The third kappa shape index (κ3) is 3.26. The molecule has 20 heavy (non-hydrogen) atoms. The molecule has 1 aliphatic rings. The van der Waals surface area contributed by atoms with Crippen LogP contribution < -0.4 is 5.73 Å². The number of carbonyl (C=O) groups is 1. The van der Waals surface area contributed by atoms with Crippen molar-refractivity contribution in [1.29, 1.82) is 0 Å².